The lowest BCUT2D eigenvalue weighted by Gasteiger charge is -2.27. The Morgan fingerprint density at radius 3 is 2.45 bits per heavy atom. The Morgan fingerprint density at radius 1 is 1.45 bits per heavy atom. The highest BCUT2D eigenvalue weighted by atomic mass is 15.0. The molecule has 2 fully saturated rings. The van der Waals surface area contributed by atoms with E-state index in [9.17, 15) is 0 Å². The van der Waals surface area contributed by atoms with E-state index in [1.54, 1.807) is 0 Å². The first-order chi connectivity index (χ1) is 5.18. The second-order valence-electron chi connectivity index (χ2n) is 4.68. The number of nitrogens with one attached hydrogen (secondary N) is 2. The van der Waals surface area contributed by atoms with Gasteiger partial charge >= 0.3 is 0 Å². The smallest absolute Gasteiger partial charge is 0.0125 e. The van der Waals surface area contributed by atoms with E-state index in [2.05, 4.69) is 24.5 Å². The Labute approximate surface area is 68.7 Å². The maximum atomic E-state index is 3.61. The molecule has 0 aromatic carbocycles. The van der Waals surface area contributed by atoms with Crippen LogP contribution in [0.2, 0.25) is 0 Å². The van der Waals surface area contributed by atoms with Crippen LogP contribution in [0, 0.1) is 11.3 Å². The quantitative estimate of drug-likeness (QED) is 0.622. The van der Waals surface area contributed by atoms with Crippen molar-refractivity contribution in [3.63, 3.8) is 0 Å². The molecule has 2 N–H and O–H groups in total. The Bertz CT molecular complexity index is 150. The largest absolute Gasteiger partial charge is 0.316 e. The topological polar surface area (TPSA) is 24.1 Å². The SMILES string of the molecule is CC1(C)CC1NCC1CNC1. The lowest BCUT2D eigenvalue weighted by Crippen LogP contribution is -2.47. The van der Waals surface area contributed by atoms with Gasteiger partial charge in [0.1, 0.15) is 0 Å². The molecule has 1 aliphatic carbocycles. The fourth-order valence-corrected chi connectivity index (χ4v) is 1.62. The van der Waals surface area contributed by atoms with Crippen LogP contribution >= 0.6 is 0 Å². The predicted molar refractivity (Wildman–Crippen MR) is 46.5 cm³/mol. The van der Waals surface area contributed by atoms with Gasteiger partial charge in [-0.25, -0.2) is 0 Å². The highest BCUT2D eigenvalue weighted by Gasteiger charge is 2.45. The van der Waals surface area contributed by atoms with E-state index in [4.69, 9.17) is 0 Å². The first-order valence-electron chi connectivity index (χ1n) is 4.62. The van der Waals surface area contributed by atoms with Gasteiger partial charge in [0.05, 0.1) is 0 Å². The van der Waals surface area contributed by atoms with Gasteiger partial charge in [-0.15, -0.1) is 0 Å². The van der Waals surface area contributed by atoms with Crippen molar-refractivity contribution in [2.45, 2.75) is 26.3 Å². The predicted octanol–water partition coefficient (Wildman–Crippen LogP) is 0.594. The monoisotopic (exact) mass is 154 g/mol. The fourth-order valence-electron chi connectivity index (χ4n) is 1.62. The van der Waals surface area contributed by atoms with Crippen molar-refractivity contribution in [2.24, 2.45) is 11.3 Å². The van der Waals surface area contributed by atoms with Crippen molar-refractivity contribution in [2.75, 3.05) is 19.6 Å². The summed E-state index contributed by atoms with van der Waals surface area (Å²) in [6, 6.07) is 0.808. The highest BCUT2D eigenvalue weighted by Crippen LogP contribution is 2.44. The normalized spacial score (nSPS) is 34.9. The summed E-state index contributed by atoms with van der Waals surface area (Å²) in [6.07, 6.45) is 1.37. The summed E-state index contributed by atoms with van der Waals surface area (Å²) >= 11 is 0. The van der Waals surface area contributed by atoms with E-state index in [1.165, 1.54) is 26.1 Å². The van der Waals surface area contributed by atoms with E-state index < -0.39 is 0 Å². The number of rotatable bonds is 3. The van der Waals surface area contributed by atoms with E-state index in [1.807, 2.05) is 0 Å². The van der Waals surface area contributed by atoms with Crippen molar-refractivity contribution >= 4 is 0 Å². The molecular formula is C9H18N2. The molecule has 1 atom stereocenters. The molecule has 0 aromatic rings. The van der Waals surface area contributed by atoms with Crippen LogP contribution in [-0.4, -0.2) is 25.7 Å². The Kier molecular flexibility index (Phi) is 1.69. The highest BCUT2D eigenvalue weighted by molar-refractivity contribution is 5.01. The molecule has 0 spiro atoms. The van der Waals surface area contributed by atoms with E-state index in [0.29, 0.717) is 5.41 Å². The van der Waals surface area contributed by atoms with Crippen LogP contribution in [0.25, 0.3) is 0 Å². The third-order valence-electron chi connectivity index (χ3n) is 3.03. The third-order valence-corrected chi connectivity index (χ3v) is 3.03. The van der Waals surface area contributed by atoms with E-state index in [-0.39, 0.29) is 0 Å². The average molecular weight is 154 g/mol. The van der Waals surface area contributed by atoms with Gasteiger partial charge in [-0.05, 0) is 17.8 Å². The van der Waals surface area contributed by atoms with Crippen molar-refractivity contribution in [3.8, 4) is 0 Å². The van der Waals surface area contributed by atoms with Gasteiger partial charge in [0, 0.05) is 25.7 Å². The van der Waals surface area contributed by atoms with Crippen LogP contribution in [0.4, 0.5) is 0 Å². The van der Waals surface area contributed by atoms with Crippen LogP contribution in [0.3, 0.4) is 0 Å². The molecular weight excluding hydrogens is 136 g/mol. The van der Waals surface area contributed by atoms with Gasteiger partial charge in [0.15, 0.2) is 0 Å². The summed E-state index contributed by atoms with van der Waals surface area (Å²) in [6.45, 7) is 8.34. The van der Waals surface area contributed by atoms with Crippen molar-refractivity contribution in [1.29, 1.82) is 0 Å². The molecule has 2 nitrogen and oxygen atoms in total. The lowest BCUT2D eigenvalue weighted by atomic mass is 10.0. The zero-order chi connectivity index (χ0) is 7.90. The molecule has 2 aliphatic rings. The van der Waals surface area contributed by atoms with Crippen LogP contribution in [-0.2, 0) is 0 Å². The van der Waals surface area contributed by atoms with Gasteiger partial charge in [-0.1, -0.05) is 13.8 Å². The second kappa shape index (κ2) is 2.46. The molecule has 0 aromatic heterocycles. The molecule has 1 saturated heterocycles. The average Bonchev–Trinajstić information content (AvgIpc) is 2.36. The molecule has 0 bridgehead atoms. The molecule has 2 rings (SSSR count). The van der Waals surface area contributed by atoms with Crippen molar-refractivity contribution in [1.82, 2.24) is 10.6 Å². The number of hydrogen-bond acceptors (Lipinski definition) is 2. The summed E-state index contributed by atoms with van der Waals surface area (Å²) in [4.78, 5) is 0. The maximum absolute atomic E-state index is 3.61. The minimum absolute atomic E-state index is 0.594. The summed E-state index contributed by atoms with van der Waals surface area (Å²) in [5, 5.41) is 6.89. The van der Waals surface area contributed by atoms with Gasteiger partial charge in [-0.3, -0.25) is 0 Å². The molecule has 2 heteroatoms. The minimum atomic E-state index is 0.594. The molecule has 1 unspecified atom stereocenters. The van der Waals surface area contributed by atoms with Crippen LogP contribution in [0.1, 0.15) is 20.3 Å². The maximum Gasteiger partial charge on any atom is 0.0125 e. The van der Waals surface area contributed by atoms with Crippen LogP contribution < -0.4 is 10.6 Å². The van der Waals surface area contributed by atoms with Crippen LogP contribution in [0.15, 0.2) is 0 Å². The Morgan fingerprint density at radius 2 is 2.09 bits per heavy atom. The molecule has 1 saturated carbocycles. The molecule has 1 heterocycles. The molecule has 0 amide bonds. The summed E-state index contributed by atoms with van der Waals surface area (Å²) in [5.74, 6) is 0.909. The first-order valence-corrected chi connectivity index (χ1v) is 4.62. The molecule has 11 heavy (non-hydrogen) atoms. The van der Waals surface area contributed by atoms with Crippen molar-refractivity contribution in [3.05, 3.63) is 0 Å². The summed E-state index contributed by atoms with van der Waals surface area (Å²) in [7, 11) is 0. The second-order valence-corrected chi connectivity index (χ2v) is 4.68. The third kappa shape index (κ3) is 1.57. The minimum Gasteiger partial charge on any atom is -0.316 e. The Balaban J connectivity index is 1.61. The van der Waals surface area contributed by atoms with E-state index in [0.717, 1.165) is 12.0 Å². The zero-order valence-electron chi connectivity index (χ0n) is 7.48. The van der Waals surface area contributed by atoms with Gasteiger partial charge in [0.25, 0.3) is 0 Å². The van der Waals surface area contributed by atoms with E-state index >= 15 is 0 Å². The zero-order valence-corrected chi connectivity index (χ0v) is 7.48. The molecule has 1 aliphatic heterocycles. The Hall–Kier alpha value is -0.0800. The number of hydrogen-bond donors (Lipinski definition) is 2. The van der Waals surface area contributed by atoms with Gasteiger partial charge in [-0.2, -0.15) is 0 Å². The van der Waals surface area contributed by atoms with Gasteiger partial charge in [0.2, 0.25) is 0 Å². The molecule has 64 valence electrons. The summed E-state index contributed by atoms with van der Waals surface area (Å²) in [5.41, 5.74) is 0.594. The molecule has 0 radical (unpaired) electrons. The first kappa shape index (κ1) is 7.56. The van der Waals surface area contributed by atoms with Crippen molar-refractivity contribution < 1.29 is 0 Å². The lowest BCUT2D eigenvalue weighted by molar-refractivity contribution is 0.325. The van der Waals surface area contributed by atoms with Gasteiger partial charge < -0.3 is 10.6 Å². The van der Waals surface area contributed by atoms with Crippen LogP contribution in [0.5, 0.6) is 0 Å². The summed E-state index contributed by atoms with van der Waals surface area (Å²) < 4.78 is 0. The standard InChI is InChI=1S/C9H18N2/c1-9(2)3-8(9)11-6-7-4-10-5-7/h7-8,10-11H,3-6H2,1-2H3. The fraction of sp³-hybridized carbons (Fsp3) is 1.00.